The third-order valence-electron chi connectivity index (χ3n) is 1.20. The number of phosphoric acid groups is 9. The molecule has 30 nitrogen and oxygen atoms in total. The Labute approximate surface area is 410 Å². The van der Waals surface area contributed by atoms with Crippen LogP contribution in [0, 0.1) is 209 Å². The third kappa shape index (κ3) is 62.1. The Bertz CT molecular complexity index is 991. The van der Waals surface area contributed by atoms with Crippen molar-refractivity contribution in [3.8, 4) is 0 Å². The van der Waals surface area contributed by atoms with E-state index in [2.05, 4.69) is 25.9 Å². The van der Waals surface area contributed by atoms with Gasteiger partial charge in [-0.05, 0) is 0 Å². The SMILES string of the molecule is O=P([O-])([O-])OP(=O)([O-])OP(=O)([O-])[O-].O=P([O-])([O-])OP(=O)([O-])OP(=O)([O-])[O-].O=P([O-])([O-])OP(=O)([O-])OP(=O)([O-])[O-].[Ce+3].[Ce+3].[Ce+3].[Ce+3].[Ce+3]. The van der Waals surface area contributed by atoms with Crippen molar-refractivity contribution in [2.24, 2.45) is 0 Å². The third-order valence-corrected chi connectivity index (χ3v) is 10.8. The van der Waals surface area contributed by atoms with Gasteiger partial charge in [0, 0.05) is 0 Å². The molecule has 0 aliphatic carbocycles. The van der Waals surface area contributed by atoms with Crippen LogP contribution < -0.4 is 73.4 Å². The molecule has 0 saturated carbocycles. The second-order valence-corrected chi connectivity index (χ2v) is 16.5. The van der Waals surface area contributed by atoms with Crippen LogP contribution in [0.1, 0.15) is 0 Å². The summed E-state index contributed by atoms with van der Waals surface area (Å²) in [6, 6.07) is 0. The van der Waals surface area contributed by atoms with E-state index in [1.54, 1.807) is 0 Å². The smallest absolute Gasteiger partial charge is 0.790 e. The first-order valence-corrected chi connectivity index (χ1v) is 19.7. The molecule has 0 bridgehead atoms. The van der Waals surface area contributed by atoms with Crippen LogP contribution in [0.3, 0.4) is 0 Å². The molecule has 44 heteroatoms. The van der Waals surface area contributed by atoms with Crippen LogP contribution in [0.25, 0.3) is 0 Å². The normalized spacial score (nSPS) is 12.9. The number of rotatable bonds is 12. The van der Waals surface area contributed by atoms with Crippen molar-refractivity contribution in [2.75, 3.05) is 0 Å². The van der Waals surface area contributed by atoms with Gasteiger partial charge in [-0.25, -0.2) is 0 Å². The number of hydrogen-bond donors (Lipinski definition) is 0. The van der Waals surface area contributed by atoms with Crippen LogP contribution in [-0.4, -0.2) is 0 Å². The molecule has 0 heterocycles. The Balaban J connectivity index is -0.0000000697. The van der Waals surface area contributed by atoms with Crippen LogP contribution in [0.5, 0.6) is 0 Å². The molecule has 5 radical (unpaired) electrons. The summed E-state index contributed by atoms with van der Waals surface area (Å²) in [5.41, 5.74) is 0. The van der Waals surface area contributed by atoms with Gasteiger partial charge in [0.15, 0.2) is 0 Å². The molecule has 0 amide bonds. The molecule has 0 fully saturated rings. The van der Waals surface area contributed by atoms with E-state index < -0.39 is 70.4 Å². The molecule has 0 aromatic rings. The van der Waals surface area contributed by atoms with Gasteiger partial charge in [0.25, 0.3) is 23.5 Å². The molecule has 0 unspecified atom stereocenters. The van der Waals surface area contributed by atoms with Gasteiger partial charge in [-0.1, -0.05) is 0 Å². The van der Waals surface area contributed by atoms with E-state index in [9.17, 15) is 114 Å². The first-order chi connectivity index (χ1) is 16.2. The van der Waals surface area contributed by atoms with Crippen molar-refractivity contribution in [1.29, 1.82) is 0 Å². The molecular formula is Ce5O30P9. The van der Waals surface area contributed by atoms with E-state index in [0.717, 1.165) is 0 Å². The summed E-state index contributed by atoms with van der Waals surface area (Å²) in [4.78, 5) is 146. The number of hydrogen-bond acceptors (Lipinski definition) is 30. The monoisotopic (exact) mass is 1460 g/mol. The van der Waals surface area contributed by atoms with Gasteiger partial charge in [-0.15, -0.1) is 0 Å². The summed E-state index contributed by atoms with van der Waals surface area (Å²) in [6.45, 7) is 0. The van der Waals surface area contributed by atoms with Crippen LogP contribution in [0.15, 0.2) is 0 Å². The average molecular weight is 1460 g/mol. The molecule has 0 N–H and O–H groups in total. The van der Waals surface area contributed by atoms with E-state index in [0.29, 0.717) is 0 Å². The van der Waals surface area contributed by atoms with Crippen LogP contribution in [-0.2, 0) is 66.9 Å². The first-order valence-electron chi connectivity index (χ1n) is 6.57. The maximum absolute atomic E-state index is 10.1. The Morgan fingerprint density at radius 2 is 0.295 bits per heavy atom. The summed E-state index contributed by atoms with van der Waals surface area (Å²) < 4.78 is 104. The summed E-state index contributed by atoms with van der Waals surface area (Å²) in [7, 11) is -53.7. The van der Waals surface area contributed by atoms with Gasteiger partial charge >= 0.3 is 209 Å². The quantitative estimate of drug-likeness (QED) is 0.164. The van der Waals surface area contributed by atoms with Crippen LogP contribution >= 0.6 is 70.4 Å². The minimum atomic E-state index is -5.97. The fourth-order valence-corrected chi connectivity index (χ4v) is 7.82. The second-order valence-electron chi connectivity index (χ2n) is 4.51. The molecule has 245 valence electrons. The van der Waals surface area contributed by atoms with Crippen molar-refractivity contribution >= 4 is 70.4 Å². The van der Waals surface area contributed by atoms with Crippen molar-refractivity contribution in [1.82, 2.24) is 0 Å². The zero-order valence-electron chi connectivity index (χ0n) is 18.8. The van der Waals surface area contributed by atoms with Gasteiger partial charge in [0.2, 0.25) is 0 Å². The fraction of sp³-hybridized carbons (Fsp3) is 0. The molecule has 0 atom stereocenters. The Morgan fingerprint density at radius 1 is 0.227 bits per heavy atom. The average Bonchev–Trinajstić information content (AvgIpc) is 2.28. The minimum Gasteiger partial charge on any atom is -0.790 e. The minimum absolute atomic E-state index is 0. The maximum Gasteiger partial charge on any atom is 3.00 e. The van der Waals surface area contributed by atoms with E-state index in [1.807, 2.05) is 0 Å². The predicted octanol–water partition coefficient (Wildman–Crippen LogP) is -11.6. The predicted molar refractivity (Wildman–Crippen MR) is 75.0 cm³/mol. The summed E-state index contributed by atoms with van der Waals surface area (Å²) in [5.74, 6) is 0. The van der Waals surface area contributed by atoms with Gasteiger partial charge in [0.05, 0.1) is 46.9 Å². The summed E-state index contributed by atoms with van der Waals surface area (Å²) in [5, 5.41) is 0. The van der Waals surface area contributed by atoms with Crippen molar-refractivity contribution < 1.29 is 349 Å². The van der Waals surface area contributed by atoms with E-state index >= 15 is 0 Å². The molecule has 0 aromatic carbocycles. The molecule has 0 rings (SSSR count). The first kappa shape index (κ1) is 70.0. The molecule has 0 aromatic heterocycles. The van der Waals surface area contributed by atoms with Crippen molar-refractivity contribution in [3.63, 3.8) is 0 Å². The zero-order chi connectivity index (χ0) is 32.7. The van der Waals surface area contributed by atoms with Gasteiger partial charge < -0.3 is 101 Å². The van der Waals surface area contributed by atoms with Crippen LogP contribution in [0.2, 0.25) is 0 Å². The largest absolute Gasteiger partial charge is 3.00 e. The molecule has 0 saturated heterocycles. The fourth-order valence-electron chi connectivity index (χ4n) is 0.780. The zero-order valence-corrected chi connectivity index (χ0v) is 42.5. The van der Waals surface area contributed by atoms with Crippen LogP contribution in [0.4, 0.5) is 0 Å². The van der Waals surface area contributed by atoms with E-state index in [4.69, 9.17) is 0 Å². The maximum atomic E-state index is 10.1. The molecule has 0 aliphatic heterocycles. The molecule has 0 spiro atoms. The van der Waals surface area contributed by atoms with Gasteiger partial charge in [0.1, 0.15) is 0 Å². The Kier molecular flexibility index (Phi) is 44.0. The van der Waals surface area contributed by atoms with E-state index in [-0.39, 0.29) is 209 Å². The molecule has 44 heavy (non-hydrogen) atoms. The summed E-state index contributed by atoms with van der Waals surface area (Å²) in [6.07, 6.45) is 0. The Hall–Kier alpha value is 8.11. The van der Waals surface area contributed by atoms with Gasteiger partial charge in [-0.3, -0.25) is 39.6 Å². The summed E-state index contributed by atoms with van der Waals surface area (Å²) >= 11 is 0. The standard InChI is InChI=1S/5Ce.3H5O10P3/c;;;;;3*1-11(2,3)9-13(7,8)10-12(4,5)6/h;;;;;3*(H,7,8)(H2,1,2,3)(H2,4,5,6)/q5*+3;;;/p-15. The van der Waals surface area contributed by atoms with Crippen molar-refractivity contribution in [3.05, 3.63) is 0 Å². The second kappa shape index (κ2) is 27.7. The molecule has 0 aliphatic rings. The topological polar surface area (TPSA) is 555 Å². The Morgan fingerprint density at radius 3 is 0.341 bits per heavy atom. The van der Waals surface area contributed by atoms with Crippen molar-refractivity contribution in [2.45, 2.75) is 0 Å². The molecular weight excluding hydrogens is 1460 g/mol. The van der Waals surface area contributed by atoms with E-state index in [1.165, 1.54) is 0 Å². The van der Waals surface area contributed by atoms with Gasteiger partial charge in [-0.2, -0.15) is 0 Å².